The fraction of sp³-hybridized carbons (Fsp3) is 0.667. The Morgan fingerprint density at radius 1 is 1.07 bits per heavy atom. The second kappa shape index (κ2) is 8.01. The molecule has 0 fully saturated rings. The molecule has 0 aliphatic carbocycles. The summed E-state index contributed by atoms with van der Waals surface area (Å²) in [7, 11) is -1.35. The van der Waals surface area contributed by atoms with Gasteiger partial charge in [-0.15, -0.1) is 6.58 Å². The molecule has 0 radical (unpaired) electrons. The summed E-state index contributed by atoms with van der Waals surface area (Å²) in [5.41, 5.74) is 0. The van der Waals surface area contributed by atoms with Crippen LogP contribution in [0.25, 0.3) is 0 Å². The molecule has 2 heteroatoms. The Hall–Kier alpha value is -0.343. The third kappa shape index (κ3) is 4.77. The van der Waals surface area contributed by atoms with Gasteiger partial charge in [-0.05, 0) is 24.6 Å². The van der Waals surface area contributed by atoms with Gasteiger partial charge < -0.3 is 4.43 Å². The Bertz CT molecular complexity index is 163. The highest BCUT2D eigenvalue weighted by molar-refractivity contribution is 6.73. The first-order chi connectivity index (χ1) is 6.74. The molecule has 0 aliphatic heterocycles. The van der Waals surface area contributed by atoms with Crippen molar-refractivity contribution in [2.45, 2.75) is 45.3 Å². The molecule has 0 aromatic rings. The predicted molar refractivity (Wildman–Crippen MR) is 67.1 cm³/mol. The van der Waals surface area contributed by atoms with Gasteiger partial charge in [0.25, 0.3) is 0 Å². The van der Waals surface area contributed by atoms with E-state index in [1.54, 1.807) is 0 Å². The van der Waals surface area contributed by atoms with Crippen molar-refractivity contribution in [3.05, 3.63) is 24.8 Å². The van der Waals surface area contributed by atoms with Crippen LogP contribution in [0.3, 0.4) is 0 Å². The van der Waals surface area contributed by atoms with Crippen molar-refractivity contribution in [2.24, 2.45) is 0 Å². The van der Waals surface area contributed by atoms with Gasteiger partial charge in [0, 0.05) is 0 Å². The van der Waals surface area contributed by atoms with Crippen LogP contribution in [0.4, 0.5) is 0 Å². The molecule has 0 rings (SSSR count). The van der Waals surface area contributed by atoms with Crippen molar-refractivity contribution >= 4 is 8.32 Å². The smallest absolute Gasteiger partial charge is 0.192 e. The molecule has 0 amide bonds. The van der Waals surface area contributed by atoms with Crippen LogP contribution in [-0.2, 0) is 4.43 Å². The van der Waals surface area contributed by atoms with Crippen LogP contribution >= 0.6 is 0 Å². The van der Waals surface area contributed by atoms with Crippen LogP contribution in [-0.4, -0.2) is 14.9 Å². The Labute approximate surface area is 90.0 Å². The summed E-state index contributed by atoms with van der Waals surface area (Å²) in [6.45, 7) is 11.2. The zero-order valence-electron chi connectivity index (χ0n) is 9.88. The lowest BCUT2D eigenvalue weighted by Crippen LogP contribution is -2.35. The summed E-state index contributed by atoms with van der Waals surface area (Å²) in [6, 6.07) is 3.69. The highest BCUT2D eigenvalue weighted by Crippen LogP contribution is 2.21. The molecule has 0 saturated heterocycles. The van der Waals surface area contributed by atoms with Gasteiger partial charge in [-0.1, -0.05) is 39.0 Å². The third-order valence-corrected chi connectivity index (χ3v) is 7.53. The van der Waals surface area contributed by atoms with E-state index in [1.165, 1.54) is 18.1 Å². The van der Waals surface area contributed by atoms with Crippen molar-refractivity contribution in [2.75, 3.05) is 6.61 Å². The fourth-order valence-electron chi connectivity index (χ4n) is 1.54. The molecule has 0 saturated carbocycles. The van der Waals surface area contributed by atoms with Crippen LogP contribution in [0, 0.1) is 0 Å². The van der Waals surface area contributed by atoms with E-state index < -0.39 is 8.32 Å². The first kappa shape index (κ1) is 13.7. The largest absolute Gasteiger partial charge is 0.413 e. The summed E-state index contributed by atoms with van der Waals surface area (Å²) < 4.78 is 6.04. The average Bonchev–Trinajstić information content (AvgIpc) is 2.24. The van der Waals surface area contributed by atoms with Crippen molar-refractivity contribution in [1.29, 1.82) is 0 Å². The maximum absolute atomic E-state index is 6.04. The van der Waals surface area contributed by atoms with Crippen LogP contribution in [0.2, 0.25) is 18.1 Å². The minimum Gasteiger partial charge on any atom is -0.413 e. The Morgan fingerprint density at radius 2 is 1.64 bits per heavy atom. The summed E-state index contributed by atoms with van der Waals surface area (Å²) in [5, 5.41) is 0. The second-order valence-corrected chi connectivity index (χ2v) is 8.33. The van der Waals surface area contributed by atoms with Crippen LogP contribution in [0.5, 0.6) is 0 Å². The zero-order valence-corrected chi connectivity index (χ0v) is 10.9. The van der Waals surface area contributed by atoms with Gasteiger partial charge in [-0.25, -0.2) is 0 Å². The summed E-state index contributed by atoms with van der Waals surface area (Å²) in [6.07, 6.45) is 7.08. The lowest BCUT2D eigenvalue weighted by Gasteiger charge is -2.27. The number of allylic oxidation sites excluding steroid dienone is 2. The molecular formula is C12H24OSi. The van der Waals surface area contributed by atoms with Crippen molar-refractivity contribution in [3.8, 4) is 0 Å². The average molecular weight is 212 g/mol. The van der Waals surface area contributed by atoms with Gasteiger partial charge in [0.1, 0.15) is 0 Å². The monoisotopic (exact) mass is 212 g/mol. The standard InChI is InChI=1S/C12H24OSi/c1-5-9-10-11-12-13-14(6-2,7-3)8-4/h5,10-11H,1,6-9,12H2,2-4H3/b11-10+. The van der Waals surface area contributed by atoms with Gasteiger partial charge in [0.05, 0.1) is 6.61 Å². The highest BCUT2D eigenvalue weighted by atomic mass is 28.4. The summed E-state index contributed by atoms with van der Waals surface area (Å²) >= 11 is 0. The van der Waals surface area contributed by atoms with Gasteiger partial charge >= 0.3 is 0 Å². The van der Waals surface area contributed by atoms with E-state index in [0.717, 1.165) is 13.0 Å². The lowest BCUT2D eigenvalue weighted by atomic mass is 10.4. The van der Waals surface area contributed by atoms with E-state index >= 15 is 0 Å². The Balaban J connectivity index is 3.87. The molecule has 82 valence electrons. The topological polar surface area (TPSA) is 9.23 Å². The normalized spacial score (nSPS) is 12.2. The molecule has 1 nitrogen and oxygen atoms in total. The fourth-order valence-corrected chi connectivity index (χ4v) is 4.10. The number of rotatable bonds is 8. The molecule has 0 spiro atoms. The predicted octanol–water partition coefficient (Wildman–Crippen LogP) is 4.14. The van der Waals surface area contributed by atoms with Crippen LogP contribution < -0.4 is 0 Å². The first-order valence-corrected chi connectivity index (χ1v) is 8.17. The molecule has 14 heavy (non-hydrogen) atoms. The van der Waals surface area contributed by atoms with Gasteiger partial charge in [-0.2, -0.15) is 0 Å². The summed E-state index contributed by atoms with van der Waals surface area (Å²) in [4.78, 5) is 0. The molecule has 0 atom stereocenters. The molecule has 0 unspecified atom stereocenters. The zero-order chi connectivity index (χ0) is 10.9. The Morgan fingerprint density at radius 3 is 2.07 bits per heavy atom. The van der Waals surface area contributed by atoms with Gasteiger partial charge in [0.2, 0.25) is 0 Å². The molecule has 0 heterocycles. The van der Waals surface area contributed by atoms with E-state index in [1.807, 2.05) is 6.08 Å². The maximum atomic E-state index is 6.04. The molecule has 0 N–H and O–H groups in total. The van der Waals surface area contributed by atoms with E-state index in [-0.39, 0.29) is 0 Å². The molecule has 0 aliphatic rings. The minimum atomic E-state index is -1.35. The first-order valence-electron chi connectivity index (χ1n) is 5.64. The van der Waals surface area contributed by atoms with Crippen molar-refractivity contribution < 1.29 is 4.43 Å². The minimum absolute atomic E-state index is 0.787. The van der Waals surface area contributed by atoms with Crippen LogP contribution in [0.1, 0.15) is 27.2 Å². The SMILES string of the molecule is C=CC/C=C/CO[Si](CC)(CC)CC. The van der Waals surface area contributed by atoms with Gasteiger partial charge in [0.15, 0.2) is 8.32 Å². The lowest BCUT2D eigenvalue weighted by molar-refractivity contribution is 0.342. The quantitative estimate of drug-likeness (QED) is 0.434. The van der Waals surface area contributed by atoms with Crippen molar-refractivity contribution in [3.63, 3.8) is 0 Å². The summed E-state index contributed by atoms with van der Waals surface area (Å²) in [5.74, 6) is 0. The van der Waals surface area contributed by atoms with E-state index in [2.05, 4.69) is 39.5 Å². The van der Waals surface area contributed by atoms with Crippen molar-refractivity contribution in [1.82, 2.24) is 0 Å². The molecule has 0 aromatic heterocycles. The van der Waals surface area contributed by atoms with E-state index in [0.29, 0.717) is 0 Å². The molecule has 0 bridgehead atoms. The maximum Gasteiger partial charge on any atom is 0.192 e. The van der Waals surface area contributed by atoms with Gasteiger partial charge in [-0.3, -0.25) is 0 Å². The Kier molecular flexibility index (Phi) is 7.81. The third-order valence-electron chi connectivity index (χ3n) is 2.89. The van der Waals surface area contributed by atoms with Crippen LogP contribution in [0.15, 0.2) is 24.8 Å². The second-order valence-electron chi connectivity index (χ2n) is 3.55. The molecular weight excluding hydrogens is 188 g/mol. The number of hydrogen-bond donors (Lipinski definition) is 0. The molecule has 0 aromatic carbocycles. The number of hydrogen-bond acceptors (Lipinski definition) is 1. The van der Waals surface area contributed by atoms with E-state index in [4.69, 9.17) is 4.43 Å². The van der Waals surface area contributed by atoms with E-state index in [9.17, 15) is 0 Å². The highest BCUT2D eigenvalue weighted by Gasteiger charge is 2.27.